The van der Waals surface area contributed by atoms with Gasteiger partial charge in [-0.1, -0.05) is 23.7 Å². The van der Waals surface area contributed by atoms with Crippen LogP contribution in [0, 0.1) is 0 Å². The Balaban J connectivity index is 1.99. The van der Waals surface area contributed by atoms with Crippen molar-refractivity contribution in [2.75, 3.05) is 17.7 Å². The lowest BCUT2D eigenvalue weighted by molar-refractivity contribution is 0.0527. The predicted molar refractivity (Wildman–Crippen MR) is 98.9 cm³/mol. The van der Waals surface area contributed by atoms with E-state index in [1.54, 1.807) is 31.2 Å². The molecule has 0 aliphatic carbocycles. The molecule has 1 aromatic carbocycles. The van der Waals surface area contributed by atoms with Crippen LogP contribution in [0.5, 0.6) is 0 Å². The first-order valence-electron chi connectivity index (χ1n) is 7.95. The number of benzene rings is 1. The average Bonchev–Trinajstić information content (AvgIpc) is 3.15. The molecule has 26 heavy (non-hydrogen) atoms. The van der Waals surface area contributed by atoms with E-state index in [0.717, 1.165) is 5.56 Å². The van der Waals surface area contributed by atoms with Gasteiger partial charge < -0.3 is 20.2 Å². The molecule has 2 heterocycles. The van der Waals surface area contributed by atoms with Gasteiger partial charge in [-0.25, -0.2) is 9.78 Å². The largest absolute Gasteiger partial charge is 0.463 e. The number of furan rings is 1. The summed E-state index contributed by atoms with van der Waals surface area (Å²) in [4.78, 5) is 20.8. The maximum Gasteiger partial charge on any atom is 0.344 e. The standard InChI is InChI=1S/C18H17ClN4O3/c1-2-25-17(24)14-15(13-4-3-9-26-13)22-18(20)23-16(14)21-10-11-5-7-12(19)8-6-11/h3-9H,2,10H2,1H3,(H3,20,21,22,23). The molecule has 7 nitrogen and oxygen atoms in total. The number of ether oxygens (including phenoxy) is 1. The smallest absolute Gasteiger partial charge is 0.344 e. The third-order valence-electron chi connectivity index (χ3n) is 3.53. The second kappa shape index (κ2) is 7.88. The van der Waals surface area contributed by atoms with Gasteiger partial charge in [-0.2, -0.15) is 4.98 Å². The van der Waals surface area contributed by atoms with Crippen molar-refractivity contribution < 1.29 is 13.9 Å². The van der Waals surface area contributed by atoms with Crippen molar-refractivity contribution in [3.63, 3.8) is 0 Å². The Bertz CT molecular complexity index is 896. The Morgan fingerprint density at radius 2 is 2.04 bits per heavy atom. The molecule has 134 valence electrons. The van der Waals surface area contributed by atoms with Crippen LogP contribution in [-0.2, 0) is 11.3 Å². The Morgan fingerprint density at radius 1 is 1.27 bits per heavy atom. The van der Waals surface area contributed by atoms with Crippen LogP contribution in [-0.4, -0.2) is 22.5 Å². The van der Waals surface area contributed by atoms with E-state index in [0.29, 0.717) is 17.3 Å². The number of nitrogens with two attached hydrogens (primary N) is 1. The summed E-state index contributed by atoms with van der Waals surface area (Å²) < 4.78 is 10.5. The van der Waals surface area contributed by atoms with Crippen LogP contribution in [0.2, 0.25) is 5.02 Å². The molecule has 0 unspecified atom stereocenters. The normalized spacial score (nSPS) is 10.5. The zero-order chi connectivity index (χ0) is 18.5. The predicted octanol–water partition coefficient (Wildman–Crippen LogP) is 3.76. The van der Waals surface area contributed by atoms with Gasteiger partial charge in [0.2, 0.25) is 5.95 Å². The van der Waals surface area contributed by atoms with E-state index in [2.05, 4.69) is 15.3 Å². The van der Waals surface area contributed by atoms with Gasteiger partial charge in [0.1, 0.15) is 17.1 Å². The molecule has 0 radical (unpaired) electrons. The van der Waals surface area contributed by atoms with Crippen molar-refractivity contribution >= 4 is 29.3 Å². The molecule has 0 amide bonds. The van der Waals surface area contributed by atoms with Crippen LogP contribution in [0.1, 0.15) is 22.8 Å². The lowest BCUT2D eigenvalue weighted by Crippen LogP contribution is -2.15. The van der Waals surface area contributed by atoms with E-state index in [1.807, 2.05) is 12.1 Å². The van der Waals surface area contributed by atoms with Gasteiger partial charge in [-0.3, -0.25) is 0 Å². The van der Waals surface area contributed by atoms with Gasteiger partial charge in [0, 0.05) is 11.6 Å². The number of halogens is 1. The second-order valence-electron chi connectivity index (χ2n) is 5.33. The van der Waals surface area contributed by atoms with E-state index in [4.69, 9.17) is 26.5 Å². The quantitative estimate of drug-likeness (QED) is 0.635. The van der Waals surface area contributed by atoms with E-state index >= 15 is 0 Å². The summed E-state index contributed by atoms with van der Waals surface area (Å²) in [5, 5.41) is 3.76. The summed E-state index contributed by atoms with van der Waals surface area (Å²) in [5.41, 5.74) is 7.23. The molecule has 0 atom stereocenters. The van der Waals surface area contributed by atoms with Crippen molar-refractivity contribution in [2.24, 2.45) is 0 Å². The summed E-state index contributed by atoms with van der Waals surface area (Å²) in [5.74, 6) is 0.134. The van der Waals surface area contributed by atoms with Crippen LogP contribution in [0.3, 0.4) is 0 Å². The highest BCUT2D eigenvalue weighted by molar-refractivity contribution is 6.30. The zero-order valence-corrected chi connectivity index (χ0v) is 14.8. The highest BCUT2D eigenvalue weighted by atomic mass is 35.5. The van der Waals surface area contributed by atoms with Crippen molar-refractivity contribution in [1.29, 1.82) is 0 Å². The molecule has 3 rings (SSSR count). The molecule has 0 aliphatic heterocycles. The van der Waals surface area contributed by atoms with Crippen molar-refractivity contribution in [3.8, 4) is 11.5 Å². The van der Waals surface area contributed by atoms with Gasteiger partial charge in [-0.05, 0) is 36.8 Å². The van der Waals surface area contributed by atoms with Gasteiger partial charge in [-0.15, -0.1) is 0 Å². The minimum Gasteiger partial charge on any atom is -0.463 e. The molecule has 0 saturated heterocycles. The lowest BCUT2D eigenvalue weighted by Gasteiger charge is -2.14. The Morgan fingerprint density at radius 3 is 2.69 bits per heavy atom. The molecule has 0 aliphatic rings. The van der Waals surface area contributed by atoms with Crippen LogP contribution in [0.4, 0.5) is 11.8 Å². The number of carbonyl (C=O) groups excluding carboxylic acids is 1. The lowest BCUT2D eigenvalue weighted by atomic mass is 10.1. The summed E-state index contributed by atoms with van der Waals surface area (Å²) in [6, 6.07) is 10.7. The third kappa shape index (κ3) is 3.94. The molecule has 3 aromatic rings. The summed E-state index contributed by atoms with van der Waals surface area (Å²) in [6.45, 7) is 2.36. The van der Waals surface area contributed by atoms with Crippen LogP contribution in [0.25, 0.3) is 11.5 Å². The molecule has 8 heteroatoms. The molecule has 3 N–H and O–H groups in total. The van der Waals surface area contributed by atoms with Crippen molar-refractivity contribution in [1.82, 2.24) is 9.97 Å². The maximum atomic E-state index is 12.5. The van der Waals surface area contributed by atoms with E-state index in [1.165, 1.54) is 6.26 Å². The molecular weight excluding hydrogens is 356 g/mol. The number of rotatable bonds is 6. The van der Waals surface area contributed by atoms with Gasteiger partial charge in [0.25, 0.3) is 0 Å². The number of esters is 1. The number of aromatic nitrogens is 2. The van der Waals surface area contributed by atoms with Crippen LogP contribution < -0.4 is 11.1 Å². The monoisotopic (exact) mass is 372 g/mol. The number of anilines is 2. The fourth-order valence-corrected chi connectivity index (χ4v) is 2.51. The zero-order valence-electron chi connectivity index (χ0n) is 14.0. The first-order chi connectivity index (χ1) is 12.6. The number of hydrogen-bond acceptors (Lipinski definition) is 7. The first-order valence-corrected chi connectivity index (χ1v) is 8.33. The summed E-state index contributed by atoms with van der Waals surface area (Å²) >= 11 is 5.90. The Labute approximate surface area is 155 Å². The number of carbonyl (C=O) groups is 1. The average molecular weight is 373 g/mol. The summed E-state index contributed by atoms with van der Waals surface area (Å²) in [7, 11) is 0. The Kier molecular flexibility index (Phi) is 5.38. The van der Waals surface area contributed by atoms with Gasteiger partial charge in [0.15, 0.2) is 5.76 Å². The first kappa shape index (κ1) is 17.8. The number of nitrogens with one attached hydrogen (secondary N) is 1. The number of nitrogens with zero attached hydrogens (tertiary/aromatic N) is 2. The van der Waals surface area contributed by atoms with Crippen LogP contribution >= 0.6 is 11.6 Å². The number of nitrogen functional groups attached to an aromatic ring is 1. The second-order valence-corrected chi connectivity index (χ2v) is 5.77. The third-order valence-corrected chi connectivity index (χ3v) is 3.79. The molecule has 0 fully saturated rings. The van der Waals surface area contributed by atoms with E-state index in [-0.39, 0.29) is 29.6 Å². The molecule has 0 bridgehead atoms. The van der Waals surface area contributed by atoms with Crippen molar-refractivity contribution in [2.45, 2.75) is 13.5 Å². The fourth-order valence-electron chi connectivity index (χ4n) is 2.38. The Hall–Kier alpha value is -3.06. The minimum atomic E-state index is -0.558. The topological polar surface area (TPSA) is 103 Å². The SMILES string of the molecule is CCOC(=O)c1c(NCc2ccc(Cl)cc2)nc(N)nc1-c1ccco1. The highest BCUT2D eigenvalue weighted by Crippen LogP contribution is 2.29. The highest BCUT2D eigenvalue weighted by Gasteiger charge is 2.24. The van der Waals surface area contributed by atoms with E-state index in [9.17, 15) is 4.79 Å². The molecule has 2 aromatic heterocycles. The van der Waals surface area contributed by atoms with Crippen LogP contribution in [0.15, 0.2) is 47.1 Å². The fraction of sp³-hybridized carbons (Fsp3) is 0.167. The van der Waals surface area contributed by atoms with Gasteiger partial charge >= 0.3 is 5.97 Å². The summed E-state index contributed by atoms with van der Waals surface area (Å²) in [6.07, 6.45) is 1.49. The number of hydrogen-bond donors (Lipinski definition) is 2. The van der Waals surface area contributed by atoms with Crippen molar-refractivity contribution in [3.05, 3.63) is 58.8 Å². The molecule has 0 spiro atoms. The maximum absolute atomic E-state index is 12.5. The van der Waals surface area contributed by atoms with Gasteiger partial charge in [0.05, 0.1) is 12.9 Å². The minimum absolute atomic E-state index is 0.0167. The molecular formula is C18H17ClN4O3. The van der Waals surface area contributed by atoms with E-state index < -0.39 is 5.97 Å². The molecule has 0 saturated carbocycles.